The molecule has 0 fully saturated rings. The number of nitrogens with zero attached hydrogens (tertiary/aromatic N) is 3. The lowest BCUT2D eigenvalue weighted by molar-refractivity contribution is -0.133. The van der Waals surface area contributed by atoms with Gasteiger partial charge in [-0.3, -0.25) is 9.36 Å². The van der Waals surface area contributed by atoms with Crippen LogP contribution in [-0.2, 0) is 11.4 Å². The molecule has 1 aromatic carbocycles. The predicted molar refractivity (Wildman–Crippen MR) is 75.1 cm³/mol. The fourth-order valence-electron chi connectivity index (χ4n) is 1.92. The molecule has 1 aromatic heterocycles. The second kappa shape index (κ2) is 6.06. The fraction of sp³-hybridized carbons (Fsp3) is 0.308. The normalized spacial score (nSPS) is 10.8. The molecule has 0 aliphatic rings. The lowest BCUT2D eigenvalue weighted by Gasteiger charge is -2.12. The molecule has 7 heteroatoms. The van der Waals surface area contributed by atoms with Crippen molar-refractivity contribution in [2.24, 2.45) is 0 Å². The average molecular weight is 293 g/mol. The molecule has 2 rings (SSSR count). The molecule has 2 aromatic rings. The fourth-order valence-corrected chi connectivity index (χ4v) is 2.60. The zero-order valence-corrected chi connectivity index (χ0v) is 12.0. The van der Waals surface area contributed by atoms with Gasteiger partial charge in [0.1, 0.15) is 6.61 Å². The maximum absolute atomic E-state index is 10.7. The molecule has 0 saturated carbocycles. The van der Waals surface area contributed by atoms with E-state index < -0.39 is 5.97 Å². The van der Waals surface area contributed by atoms with Gasteiger partial charge in [0.2, 0.25) is 0 Å². The number of hydrogen-bond donors (Lipinski definition) is 2. The van der Waals surface area contributed by atoms with Gasteiger partial charge in [-0.25, -0.2) is 0 Å². The van der Waals surface area contributed by atoms with Crippen LogP contribution in [-0.4, -0.2) is 36.7 Å². The van der Waals surface area contributed by atoms with Crippen LogP contribution in [0.2, 0.25) is 0 Å². The Labute approximate surface area is 120 Å². The van der Waals surface area contributed by atoms with Crippen molar-refractivity contribution in [3.8, 4) is 5.69 Å². The molecule has 0 saturated heterocycles. The first kappa shape index (κ1) is 14.5. The van der Waals surface area contributed by atoms with Gasteiger partial charge in [0, 0.05) is 0 Å². The molecule has 2 N–H and O–H groups in total. The van der Waals surface area contributed by atoms with Crippen molar-refractivity contribution >= 4 is 17.7 Å². The van der Waals surface area contributed by atoms with Crippen molar-refractivity contribution < 1.29 is 15.0 Å². The van der Waals surface area contributed by atoms with Gasteiger partial charge in [-0.15, -0.1) is 10.2 Å². The van der Waals surface area contributed by atoms with Gasteiger partial charge >= 0.3 is 5.97 Å². The van der Waals surface area contributed by atoms with Crippen LogP contribution in [0.3, 0.4) is 0 Å². The third kappa shape index (κ3) is 3.00. The molecule has 1 heterocycles. The Bertz CT molecular complexity index is 640. The third-order valence-corrected chi connectivity index (χ3v) is 3.67. The molecule has 0 unspecified atom stereocenters. The average Bonchev–Trinajstić information content (AvgIpc) is 2.79. The van der Waals surface area contributed by atoms with E-state index in [4.69, 9.17) is 5.11 Å². The molecule has 0 aliphatic carbocycles. The molecule has 106 valence electrons. The van der Waals surface area contributed by atoms with Crippen LogP contribution in [0.1, 0.15) is 17.0 Å². The number of thioether (sulfide) groups is 1. The SMILES string of the molecule is Cc1ccc(-n2c(CO)nnc2SCC(=O)O)c(C)c1. The molecule has 0 spiro atoms. The van der Waals surface area contributed by atoms with Gasteiger partial charge in [0.25, 0.3) is 0 Å². The minimum atomic E-state index is -0.921. The van der Waals surface area contributed by atoms with E-state index in [2.05, 4.69) is 10.2 Å². The van der Waals surface area contributed by atoms with E-state index >= 15 is 0 Å². The number of benzene rings is 1. The van der Waals surface area contributed by atoms with E-state index in [-0.39, 0.29) is 12.4 Å². The van der Waals surface area contributed by atoms with Crippen molar-refractivity contribution in [2.45, 2.75) is 25.6 Å². The Kier molecular flexibility index (Phi) is 4.41. The van der Waals surface area contributed by atoms with Crippen LogP contribution in [0.25, 0.3) is 5.69 Å². The van der Waals surface area contributed by atoms with Crippen LogP contribution in [0, 0.1) is 13.8 Å². The number of carboxylic acid groups (broad SMARTS) is 1. The minimum Gasteiger partial charge on any atom is -0.481 e. The number of carbonyl (C=O) groups is 1. The summed E-state index contributed by atoms with van der Waals surface area (Å²) in [5.74, 6) is -0.630. The summed E-state index contributed by atoms with van der Waals surface area (Å²) in [7, 11) is 0. The summed E-state index contributed by atoms with van der Waals surface area (Å²) in [6.07, 6.45) is 0. The topological polar surface area (TPSA) is 88.2 Å². The van der Waals surface area contributed by atoms with Gasteiger partial charge < -0.3 is 10.2 Å². The molecular formula is C13H15N3O3S. The van der Waals surface area contributed by atoms with Crippen LogP contribution < -0.4 is 0 Å². The lowest BCUT2D eigenvalue weighted by atomic mass is 10.1. The minimum absolute atomic E-state index is 0.103. The van der Waals surface area contributed by atoms with Crippen molar-refractivity contribution in [1.29, 1.82) is 0 Å². The Balaban J connectivity index is 2.47. The third-order valence-electron chi connectivity index (χ3n) is 2.76. The van der Waals surface area contributed by atoms with Crippen LogP contribution in [0.4, 0.5) is 0 Å². The van der Waals surface area contributed by atoms with E-state index in [0.29, 0.717) is 11.0 Å². The van der Waals surface area contributed by atoms with E-state index in [0.717, 1.165) is 28.6 Å². The Morgan fingerprint density at radius 3 is 2.70 bits per heavy atom. The highest BCUT2D eigenvalue weighted by Crippen LogP contribution is 2.24. The van der Waals surface area contributed by atoms with Crippen LogP contribution >= 0.6 is 11.8 Å². The van der Waals surface area contributed by atoms with E-state index in [1.54, 1.807) is 4.57 Å². The second-order valence-electron chi connectivity index (χ2n) is 4.36. The van der Waals surface area contributed by atoms with E-state index in [1.807, 2.05) is 32.0 Å². The number of aryl methyl sites for hydroxylation is 2. The molecule has 0 atom stereocenters. The van der Waals surface area contributed by atoms with Crippen LogP contribution in [0.15, 0.2) is 23.4 Å². The van der Waals surface area contributed by atoms with Crippen molar-refractivity contribution in [1.82, 2.24) is 14.8 Å². The summed E-state index contributed by atoms with van der Waals surface area (Å²) >= 11 is 1.08. The molecule has 6 nitrogen and oxygen atoms in total. The summed E-state index contributed by atoms with van der Waals surface area (Å²) in [6, 6.07) is 5.88. The largest absolute Gasteiger partial charge is 0.481 e. The van der Waals surface area contributed by atoms with Crippen molar-refractivity contribution in [2.75, 3.05) is 5.75 Å². The molecule has 0 amide bonds. The van der Waals surface area contributed by atoms with Gasteiger partial charge in [-0.2, -0.15) is 0 Å². The van der Waals surface area contributed by atoms with Crippen LogP contribution in [0.5, 0.6) is 0 Å². The Hall–Kier alpha value is -1.86. The first-order chi connectivity index (χ1) is 9.52. The van der Waals surface area contributed by atoms with Gasteiger partial charge in [0.05, 0.1) is 11.4 Å². The van der Waals surface area contributed by atoms with E-state index in [1.165, 1.54) is 0 Å². The lowest BCUT2D eigenvalue weighted by Crippen LogP contribution is -2.06. The van der Waals surface area contributed by atoms with Gasteiger partial charge in [0.15, 0.2) is 11.0 Å². The number of hydrogen-bond acceptors (Lipinski definition) is 5. The monoisotopic (exact) mass is 293 g/mol. The maximum Gasteiger partial charge on any atom is 0.313 e. The molecule has 0 bridgehead atoms. The smallest absolute Gasteiger partial charge is 0.313 e. The summed E-state index contributed by atoms with van der Waals surface area (Å²) in [4.78, 5) is 10.7. The number of aliphatic hydroxyl groups is 1. The van der Waals surface area contributed by atoms with E-state index in [9.17, 15) is 9.90 Å². The number of aliphatic carboxylic acids is 1. The summed E-state index contributed by atoms with van der Waals surface area (Å²) < 4.78 is 1.70. The summed E-state index contributed by atoms with van der Waals surface area (Å²) in [6.45, 7) is 3.69. The van der Waals surface area contributed by atoms with Crippen molar-refractivity contribution in [3.05, 3.63) is 35.2 Å². The summed E-state index contributed by atoms with van der Waals surface area (Å²) in [5, 5.41) is 26.4. The zero-order chi connectivity index (χ0) is 14.7. The predicted octanol–water partition coefficient (Wildman–Crippen LogP) is 1.55. The summed E-state index contributed by atoms with van der Waals surface area (Å²) in [5.41, 5.74) is 2.99. The standard InChI is InChI=1S/C13H15N3O3S/c1-8-3-4-10(9(2)5-8)16-11(6-17)14-15-13(16)20-7-12(18)19/h3-5,17H,6-7H2,1-2H3,(H,18,19). The highest BCUT2D eigenvalue weighted by atomic mass is 32.2. The maximum atomic E-state index is 10.7. The van der Waals surface area contributed by atoms with Crippen molar-refractivity contribution in [3.63, 3.8) is 0 Å². The quantitative estimate of drug-likeness (QED) is 0.813. The Morgan fingerprint density at radius 2 is 2.10 bits per heavy atom. The highest BCUT2D eigenvalue weighted by molar-refractivity contribution is 7.99. The first-order valence-corrected chi connectivity index (χ1v) is 6.99. The number of aliphatic hydroxyl groups excluding tert-OH is 1. The first-order valence-electron chi connectivity index (χ1n) is 6.00. The molecule has 0 radical (unpaired) electrons. The highest BCUT2D eigenvalue weighted by Gasteiger charge is 2.16. The molecule has 20 heavy (non-hydrogen) atoms. The molecule has 0 aliphatic heterocycles. The number of rotatable bonds is 5. The van der Waals surface area contributed by atoms with Gasteiger partial charge in [-0.1, -0.05) is 29.5 Å². The second-order valence-corrected chi connectivity index (χ2v) is 5.31. The Morgan fingerprint density at radius 1 is 1.35 bits per heavy atom. The number of carboxylic acids is 1. The molecular weight excluding hydrogens is 278 g/mol. The number of aromatic nitrogens is 3. The zero-order valence-electron chi connectivity index (χ0n) is 11.2. The van der Waals surface area contributed by atoms with Gasteiger partial charge in [-0.05, 0) is 25.5 Å².